The molecule has 2 amide bonds. The molecule has 2 aromatic rings. The number of likely N-dealkylation sites (tertiary alicyclic amines) is 1. The van der Waals surface area contributed by atoms with Crippen LogP contribution in [0.25, 0.3) is 0 Å². The summed E-state index contributed by atoms with van der Waals surface area (Å²) < 4.78 is 0. The molecular weight excluding hydrogens is 374 g/mol. The monoisotopic (exact) mass is 399 g/mol. The number of amides is 2. The molecule has 148 valence electrons. The maximum Gasteiger partial charge on any atom is 0.253 e. The summed E-state index contributed by atoms with van der Waals surface area (Å²) in [4.78, 5) is 27.5. The lowest BCUT2D eigenvalue weighted by Crippen LogP contribution is -2.45. The van der Waals surface area contributed by atoms with Gasteiger partial charge in [-0.25, -0.2) is 0 Å². The van der Waals surface area contributed by atoms with E-state index >= 15 is 0 Å². The molecule has 28 heavy (non-hydrogen) atoms. The van der Waals surface area contributed by atoms with Crippen LogP contribution in [0.2, 0.25) is 5.02 Å². The fraction of sp³-hybridized carbons (Fsp3) is 0.364. The van der Waals surface area contributed by atoms with Crippen LogP contribution in [0, 0.1) is 0 Å². The fourth-order valence-corrected chi connectivity index (χ4v) is 3.76. The Labute approximate surface area is 171 Å². The quantitative estimate of drug-likeness (QED) is 0.782. The molecule has 6 heteroatoms. The summed E-state index contributed by atoms with van der Waals surface area (Å²) in [5.74, 6) is -0.219. The highest BCUT2D eigenvalue weighted by Crippen LogP contribution is 2.22. The molecule has 0 saturated carbocycles. The molecule has 0 aliphatic carbocycles. The maximum atomic E-state index is 12.9. The molecule has 5 nitrogen and oxygen atoms in total. The Kier molecular flexibility index (Phi) is 7.06. The van der Waals surface area contributed by atoms with Crippen molar-refractivity contribution in [2.24, 2.45) is 0 Å². The molecule has 1 aliphatic rings. The van der Waals surface area contributed by atoms with Crippen LogP contribution in [0.15, 0.2) is 54.6 Å². The van der Waals surface area contributed by atoms with Crippen molar-refractivity contribution in [1.29, 1.82) is 0 Å². The summed E-state index contributed by atoms with van der Waals surface area (Å²) in [6.45, 7) is 1.48. The van der Waals surface area contributed by atoms with Gasteiger partial charge >= 0.3 is 0 Å². The van der Waals surface area contributed by atoms with Crippen LogP contribution in [0.3, 0.4) is 0 Å². The van der Waals surface area contributed by atoms with Crippen LogP contribution < -0.4 is 10.6 Å². The van der Waals surface area contributed by atoms with E-state index in [0.29, 0.717) is 16.6 Å². The Bertz CT molecular complexity index is 804. The number of carbonyl (C=O) groups is 2. The van der Waals surface area contributed by atoms with Gasteiger partial charge in [0.1, 0.15) is 0 Å². The molecular formula is C22H26ClN3O2. The van der Waals surface area contributed by atoms with E-state index in [9.17, 15) is 9.59 Å². The molecule has 1 saturated heterocycles. The van der Waals surface area contributed by atoms with Crippen LogP contribution >= 0.6 is 11.6 Å². The summed E-state index contributed by atoms with van der Waals surface area (Å²) in [6.07, 6.45) is 2.12. The van der Waals surface area contributed by atoms with Crippen LogP contribution in [0.5, 0.6) is 0 Å². The second-order valence-electron chi connectivity index (χ2n) is 7.06. The lowest BCUT2D eigenvalue weighted by atomic mass is 10.0. The average Bonchev–Trinajstić information content (AvgIpc) is 2.74. The Balaban J connectivity index is 1.72. The highest BCUT2D eigenvalue weighted by Gasteiger charge is 2.26. The zero-order valence-corrected chi connectivity index (χ0v) is 16.8. The van der Waals surface area contributed by atoms with Gasteiger partial charge in [-0.1, -0.05) is 54.1 Å². The number of benzene rings is 2. The molecule has 2 aromatic carbocycles. The van der Waals surface area contributed by atoms with E-state index in [1.54, 1.807) is 24.3 Å². The zero-order valence-electron chi connectivity index (χ0n) is 16.0. The van der Waals surface area contributed by atoms with Crippen molar-refractivity contribution >= 4 is 23.4 Å². The van der Waals surface area contributed by atoms with Crippen molar-refractivity contribution in [2.75, 3.05) is 20.1 Å². The first-order valence-electron chi connectivity index (χ1n) is 9.64. The van der Waals surface area contributed by atoms with E-state index in [4.69, 9.17) is 11.6 Å². The highest BCUT2D eigenvalue weighted by atomic mass is 35.5. The second kappa shape index (κ2) is 9.71. The SMILES string of the molecule is CNC1CCN(C(=O)CC(NC(=O)c2ccccc2Cl)c2ccccc2)CC1. The highest BCUT2D eigenvalue weighted by molar-refractivity contribution is 6.33. The number of nitrogens with one attached hydrogen (secondary N) is 2. The lowest BCUT2D eigenvalue weighted by Gasteiger charge is -2.33. The predicted molar refractivity (Wildman–Crippen MR) is 111 cm³/mol. The van der Waals surface area contributed by atoms with E-state index in [2.05, 4.69) is 10.6 Å². The molecule has 1 unspecified atom stereocenters. The van der Waals surface area contributed by atoms with E-state index in [1.807, 2.05) is 42.3 Å². The topological polar surface area (TPSA) is 61.4 Å². The Morgan fingerprint density at radius 3 is 2.36 bits per heavy atom. The van der Waals surface area contributed by atoms with Gasteiger partial charge in [0.2, 0.25) is 5.91 Å². The normalized spacial score (nSPS) is 15.9. The van der Waals surface area contributed by atoms with Crippen LogP contribution in [0.1, 0.15) is 41.2 Å². The molecule has 1 heterocycles. The van der Waals surface area contributed by atoms with Gasteiger partial charge in [0.15, 0.2) is 0 Å². The largest absolute Gasteiger partial charge is 0.345 e. The molecule has 3 rings (SSSR count). The number of carbonyl (C=O) groups excluding carboxylic acids is 2. The molecule has 2 N–H and O–H groups in total. The van der Waals surface area contributed by atoms with Crippen LogP contribution in [-0.2, 0) is 4.79 Å². The van der Waals surface area contributed by atoms with E-state index < -0.39 is 6.04 Å². The smallest absolute Gasteiger partial charge is 0.253 e. The number of hydrogen-bond acceptors (Lipinski definition) is 3. The Morgan fingerprint density at radius 1 is 1.07 bits per heavy atom. The predicted octanol–water partition coefficient (Wildman–Crippen LogP) is 3.41. The molecule has 0 spiro atoms. The summed E-state index contributed by atoms with van der Waals surface area (Å²) >= 11 is 6.16. The Morgan fingerprint density at radius 2 is 1.71 bits per heavy atom. The summed E-state index contributed by atoms with van der Waals surface area (Å²) in [5, 5.41) is 6.66. The van der Waals surface area contributed by atoms with Gasteiger partial charge in [-0.2, -0.15) is 0 Å². The zero-order chi connectivity index (χ0) is 19.9. The summed E-state index contributed by atoms with van der Waals surface area (Å²) in [6, 6.07) is 16.6. The third-order valence-electron chi connectivity index (χ3n) is 5.26. The molecule has 1 fully saturated rings. The third-order valence-corrected chi connectivity index (χ3v) is 5.59. The van der Waals surface area contributed by atoms with E-state index in [1.165, 1.54) is 0 Å². The second-order valence-corrected chi connectivity index (χ2v) is 7.47. The van der Waals surface area contributed by atoms with Gasteiger partial charge in [-0.05, 0) is 37.6 Å². The minimum atomic E-state index is -0.403. The van der Waals surface area contributed by atoms with Crippen molar-refractivity contribution in [2.45, 2.75) is 31.3 Å². The third kappa shape index (κ3) is 5.12. The number of hydrogen-bond donors (Lipinski definition) is 2. The first-order valence-corrected chi connectivity index (χ1v) is 10.0. The van der Waals surface area contributed by atoms with E-state index in [-0.39, 0.29) is 18.2 Å². The standard InChI is InChI=1S/C22H26ClN3O2/c1-24-17-11-13-26(14-12-17)21(27)15-20(16-7-3-2-4-8-16)25-22(28)18-9-5-6-10-19(18)23/h2-10,17,20,24H,11-15H2,1H3,(H,25,28). The fourth-order valence-electron chi connectivity index (χ4n) is 3.54. The summed E-state index contributed by atoms with van der Waals surface area (Å²) in [5.41, 5.74) is 1.31. The first kappa shape index (κ1) is 20.4. The van der Waals surface area contributed by atoms with E-state index in [0.717, 1.165) is 31.5 Å². The average molecular weight is 400 g/mol. The minimum absolute atomic E-state index is 0.0582. The van der Waals surface area contributed by atoms with Gasteiger partial charge in [-0.15, -0.1) is 0 Å². The minimum Gasteiger partial charge on any atom is -0.345 e. The van der Waals surface area contributed by atoms with Crippen molar-refractivity contribution < 1.29 is 9.59 Å². The molecule has 1 aliphatic heterocycles. The van der Waals surface area contributed by atoms with Gasteiger partial charge < -0.3 is 15.5 Å². The van der Waals surface area contributed by atoms with Crippen molar-refractivity contribution in [3.8, 4) is 0 Å². The molecule has 0 radical (unpaired) electrons. The van der Waals surface area contributed by atoms with Crippen molar-refractivity contribution in [1.82, 2.24) is 15.5 Å². The molecule has 0 aromatic heterocycles. The number of piperidine rings is 1. The van der Waals surface area contributed by atoms with Crippen LogP contribution in [0.4, 0.5) is 0 Å². The lowest BCUT2D eigenvalue weighted by molar-refractivity contribution is -0.132. The number of rotatable bonds is 6. The molecule has 0 bridgehead atoms. The molecule has 1 atom stereocenters. The van der Waals surface area contributed by atoms with Crippen LogP contribution in [-0.4, -0.2) is 42.9 Å². The number of nitrogens with zero attached hydrogens (tertiary/aromatic N) is 1. The van der Waals surface area contributed by atoms with Gasteiger partial charge in [0.25, 0.3) is 5.91 Å². The summed E-state index contributed by atoms with van der Waals surface area (Å²) in [7, 11) is 1.96. The first-order chi connectivity index (χ1) is 13.6. The van der Waals surface area contributed by atoms with Gasteiger partial charge in [-0.3, -0.25) is 9.59 Å². The van der Waals surface area contributed by atoms with Crippen molar-refractivity contribution in [3.63, 3.8) is 0 Å². The Hall–Kier alpha value is -2.37. The van der Waals surface area contributed by atoms with Gasteiger partial charge in [0, 0.05) is 19.1 Å². The van der Waals surface area contributed by atoms with Crippen molar-refractivity contribution in [3.05, 3.63) is 70.7 Å². The van der Waals surface area contributed by atoms with Gasteiger partial charge in [0.05, 0.1) is 23.0 Å². The number of halogens is 1. The maximum absolute atomic E-state index is 12.9.